The normalized spacial score (nSPS) is 10.4. The van der Waals surface area contributed by atoms with Gasteiger partial charge in [-0.2, -0.15) is 0 Å². The Bertz CT molecular complexity index is 438. The van der Waals surface area contributed by atoms with Crippen molar-refractivity contribution < 1.29 is 19.0 Å². The molecule has 0 heterocycles. The highest BCUT2D eigenvalue weighted by Crippen LogP contribution is 2.18. The zero-order chi connectivity index (χ0) is 15.5. The fraction of sp³-hybridized carbons (Fsp3) is 0.533. The molecule has 21 heavy (non-hydrogen) atoms. The summed E-state index contributed by atoms with van der Waals surface area (Å²) in [4.78, 5) is 11.7. The molecule has 0 unspecified atom stereocenters. The first-order valence-electron chi connectivity index (χ1n) is 7.06. The van der Waals surface area contributed by atoms with Crippen LogP contribution in [0.25, 0.3) is 0 Å². The van der Waals surface area contributed by atoms with E-state index in [9.17, 15) is 4.79 Å². The lowest BCUT2D eigenvalue weighted by Crippen LogP contribution is -2.11. The monoisotopic (exact) mass is 296 g/mol. The number of carbonyl (C=O) groups excluding carboxylic acids is 1. The van der Waals surface area contributed by atoms with Crippen molar-refractivity contribution in [1.29, 1.82) is 0 Å². The third-order valence-electron chi connectivity index (χ3n) is 2.78. The SMILES string of the molecule is CCOC(=O)c1cc(NCCCOCCOC)ccc1N. The Morgan fingerprint density at radius 3 is 2.81 bits per heavy atom. The lowest BCUT2D eigenvalue weighted by molar-refractivity contribution is 0.0527. The van der Waals surface area contributed by atoms with E-state index in [1.54, 1.807) is 26.2 Å². The second-order valence-corrected chi connectivity index (χ2v) is 4.41. The molecule has 0 aliphatic heterocycles. The van der Waals surface area contributed by atoms with Crippen LogP contribution in [0.1, 0.15) is 23.7 Å². The Labute approximate surface area is 125 Å². The second-order valence-electron chi connectivity index (χ2n) is 4.41. The maximum absolute atomic E-state index is 11.7. The number of esters is 1. The molecule has 6 heteroatoms. The van der Waals surface area contributed by atoms with Gasteiger partial charge in [0.25, 0.3) is 0 Å². The van der Waals surface area contributed by atoms with Gasteiger partial charge in [0.15, 0.2) is 0 Å². The third kappa shape index (κ3) is 6.46. The minimum atomic E-state index is -0.401. The van der Waals surface area contributed by atoms with Crippen LogP contribution in [0.5, 0.6) is 0 Å². The maximum atomic E-state index is 11.7. The van der Waals surface area contributed by atoms with E-state index in [0.717, 1.165) is 18.7 Å². The number of methoxy groups -OCH3 is 1. The third-order valence-corrected chi connectivity index (χ3v) is 2.78. The number of nitrogens with two attached hydrogens (primary N) is 1. The Balaban J connectivity index is 2.38. The Morgan fingerprint density at radius 2 is 2.10 bits per heavy atom. The molecule has 0 aliphatic carbocycles. The van der Waals surface area contributed by atoms with Gasteiger partial charge in [0, 0.05) is 31.6 Å². The van der Waals surface area contributed by atoms with E-state index in [4.69, 9.17) is 19.9 Å². The topological polar surface area (TPSA) is 82.8 Å². The molecule has 118 valence electrons. The summed E-state index contributed by atoms with van der Waals surface area (Å²) in [5.41, 5.74) is 7.43. The molecule has 0 spiro atoms. The summed E-state index contributed by atoms with van der Waals surface area (Å²) in [5, 5.41) is 3.23. The molecule has 0 atom stereocenters. The number of hydrogen-bond donors (Lipinski definition) is 2. The summed E-state index contributed by atoms with van der Waals surface area (Å²) in [6, 6.07) is 5.24. The van der Waals surface area contributed by atoms with Crippen LogP contribution < -0.4 is 11.1 Å². The number of rotatable bonds is 10. The quantitative estimate of drug-likeness (QED) is 0.390. The number of hydrogen-bond acceptors (Lipinski definition) is 6. The summed E-state index contributed by atoms with van der Waals surface area (Å²) >= 11 is 0. The highest BCUT2D eigenvalue weighted by Gasteiger charge is 2.11. The van der Waals surface area contributed by atoms with Crippen molar-refractivity contribution in [3.05, 3.63) is 23.8 Å². The van der Waals surface area contributed by atoms with Crippen LogP contribution in [0.4, 0.5) is 11.4 Å². The van der Waals surface area contributed by atoms with Crippen molar-refractivity contribution in [3.8, 4) is 0 Å². The van der Waals surface area contributed by atoms with E-state index in [2.05, 4.69) is 5.32 Å². The van der Waals surface area contributed by atoms with E-state index >= 15 is 0 Å². The summed E-state index contributed by atoms with van der Waals surface area (Å²) in [7, 11) is 1.65. The van der Waals surface area contributed by atoms with Crippen LogP contribution in [0.3, 0.4) is 0 Å². The minimum Gasteiger partial charge on any atom is -0.462 e. The molecule has 0 radical (unpaired) electrons. The molecule has 1 aromatic rings. The number of benzene rings is 1. The highest BCUT2D eigenvalue weighted by atomic mass is 16.5. The molecule has 0 bridgehead atoms. The first-order chi connectivity index (χ1) is 10.2. The fourth-order valence-electron chi connectivity index (χ4n) is 1.70. The van der Waals surface area contributed by atoms with Crippen LogP contribution in [0.2, 0.25) is 0 Å². The van der Waals surface area contributed by atoms with Gasteiger partial charge < -0.3 is 25.3 Å². The van der Waals surface area contributed by atoms with Crippen LogP contribution in [-0.4, -0.2) is 46.1 Å². The van der Waals surface area contributed by atoms with E-state index in [0.29, 0.717) is 37.7 Å². The van der Waals surface area contributed by atoms with Gasteiger partial charge in [-0.1, -0.05) is 0 Å². The van der Waals surface area contributed by atoms with E-state index in [1.165, 1.54) is 0 Å². The van der Waals surface area contributed by atoms with Gasteiger partial charge in [-0.3, -0.25) is 0 Å². The van der Waals surface area contributed by atoms with Crippen molar-refractivity contribution in [1.82, 2.24) is 0 Å². The Kier molecular flexibility index (Phi) is 8.23. The first kappa shape index (κ1) is 17.3. The number of anilines is 2. The molecular weight excluding hydrogens is 272 g/mol. The number of nitrogen functional groups attached to an aromatic ring is 1. The van der Waals surface area contributed by atoms with Gasteiger partial charge in [-0.25, -0.2) is 4.79 Å². The molecule has 1 aromatic carbocycles. The molecule has 6 nitrogen and oxygen atoms in total. The summed E-state index contributed by atoms with van der Waals surface area (Å²) in [6.07, 6.45) is 0.864. The maximum Gasteiger partial charge on any atom is 0.340 e. The van der Waals surface area contributed by atoms with Crippen molar-refractivity contribution in [3.63, 3.8) is 0 Å². The Hall–Kier alpha value is -1.79. The van der Waals surface area contributed by atoms with Crippen LogP contribution in [-0.2, 0) is 14.2 Å². The second kappa shape index (κ2) is 10.0. The van der Waals surface area contributed by atoms with Gasteiger partial charge >= 0.3 is 5.97 Å². The van der Waals surface area contributed by atoms with Crippen molar-refractivity contribution in [2.24, 2.45) is 0 Å². The van der Waals surface area contributed by atoms with Gasteiger partial charge in [-0.15, -0.1) is 0 Å². The molecule has 0 aromatic heterocycles. The summed E-state index contributed by atoms with van der Waals surface area (Å²) in [6.45, 7) is 4.71. The van der Waals surface area contributed by atoms with E-state index < -0.39 is 5.97 Å². The standard InChI is InChI=1S/C15H24N2O4/c1-3-21-15(18)13-11-12(5-6-14(13)16)17-7-4-8-20-10-9-19-2/h5-6,11,17H,3-4,7-10,16H2,1-2H3. The predicted octanol–water partition coefficient (Wildman–Crippen LogP) is 1.91. The van der Waals surface area contributed by atoms with Crippen molar-refractivity contribution in [2.75, 3.05) is 51.1 Å². The fourth-order valence-corrected chi connectivity index (χ4v) is 1.70. The van der Waals surface area contributed by atoms with Gasteiger partial charge in [0.05, 0.1) is 25.4 Å². The van der Waals surface area contributed by atoms with Crippen LogP contribution in [0, 0.1) is 0 Å². The molecule has 0 aliphatic rings. The van der Waals surface area contributed by atoms with Gasteiger partial charge in [0.1, 0.15) is 0 Å². The molecule has 0 amide bonds. The Morgan fingerprint density at radius 1 is 1.29 bits per heavy atom. The smallest absolute Gasteiger partial charge is 0.340 e. The van der Waals surface area contributed by atoms with Crippen molar-refractivity contribution >= 4 is 17.3 Å². The summed E-state index contributed by atoms with van der Waals surface area (Å²) in [5.74, 6) is -0.401. The largest absolute Gasteiger partial charge is 0.462 e. The van der Waals surface area contributed by atoms with Gasteiger partial charge in [-0.05, 0) is 31.5 Å². The van der Waals surface area contributed by atoms with Crippen LogP contribution >= 0.6 is 0 Å². The van der Waals surface area contributed by atoms with Crippen LogP contribution in [0.15, 0.2) is 18.2 Å². The molecule has 0 saturated carbocycles. The highest BCUT2D eigenvalue weighted by molar-refractivity contribution is 5.96. The molecular formula is C15H24N2O4. The van der Waals surface area contributed by atoms with E-state index in [1.807, 2.05) is 6.07 Å². The minimum absolute atomic E-state index is 0.328. The predicted molar refractivity (Wildman–Crippen MR) is 82.6 cm³/mol. The van der Waals surface area contributed by atoms with Crippen molar-refractivity contribution in [2.45, 2.75) is 13.3 Å². The molecule has 3 N–H and O–H groups in total. The number of ether oxygens (including phenoxy) is 3. The molecule has 1 rings (SSSR count). The lowest BCUT2D eigenvalue weighted by atomic mass is 10.1. The summed E-state index contributed by atoms with van der Waals surface area (Å²) < 4.78 is 15.2. The zero-order valence-electron chi connectivity index (χ0n) is 12.7. The molecule has 0 saturated heterocycles. The van der Waals surface area contributed by atoms with E-state index in [-0.39, 0.29) is 0 Å². The number of nitrogens with one attached hydrogen (secondary N) is 1. The average Bonchev–Trinajstić information content (AvgIpc) is 2.48. The molecule has 0 fully saturated rings. The van der Waals surface area contributed by atoms with Gasteiger partial charge in [0.2, 0.25) is 0 Å². The average molecular weight is 296 g/mol. The lowest BCUT2D eigenvalue weighted by Gasteiger charge is -2.10. The first-order valence-corrected chi connectivity index (χ1v) is 7.06. The zero-order valence-corrected chi connectivity index (χ0v) is 12.7. The number of carbonyl (C=O) groups is 1.